The number of halogens is 1. The minimum absolute atomic E-state index is 0.131. The second kappa shape index (κ2) is 7.44. The van der Waals surface area contributed by atoms with Gasteiger partial charge in [-0.1, -0.05) is 42.5 Å². The van der Waals surface area contributed by atoms with E-state index in [0.29, 0.717) is 18.5 Å². The van der Waals surface area contributed by atoms with Crippen LogP contribution in [0, 0.1) is 5.82 Å². The predicted molar refractivity (Wildman–Crippen MR) is 91.3 cm³/mol. The summed E-state index contributed by atoms with van der Waals surface area (Å²) in [6.45, 7) is 0.339. The van der Waals surface area contributed by atoms with Crippen LogP contribution in [0.2, 0.25) is 0 Å². The molecule has 0 radical (unpaired) electrons. The van der Waals surface area contributed by atoms with E-state index in [2.05, 4.69) is 5.32 Å². The number of anilines is 1. The van der Waals surface area contributed by atoms with E-state index in [1.165, 1.54) is 17.0 Å². The van der Waals surface area contributed by atoms with Crippen molar-refractivity contribution in [1.29, 1.82) is 0 Å². The molecule has 130 valence electrons. The van der Waals surface area contributed by atoms with Crippen LogP contribution in [-0.4, -0.2) is 29.5 Å². The summed E-state index contributed by atoms with van der Waals surface area (Å²) >= 11 is 0. The minimum Gasteiger partial charge on any atom is -0.388 e. The molecule has 1 fully saturated rings. The summed E-state index contributed by atoms with van der Waals surface area (Å²) in [5.41, 5.74) is 0.858. The van der Waals surface area contributed by atoms with Gasteiger partial charge in [-0.2, -0.15) is 0 Å². The lowest BCUT2D eigenvalue weighted by molar-refractivity contribution is -0.127. The number of carbonyl (C=O) groups is 2. The molecule has 2 amide bonds. The summed E-state index contributed by atoms with van der Waals surface area (Å²) in [6, 6.07) is 14.2. The van der Waals surface area contributed by atoms with Crippen molar-refractivity contribution in [3.05, 3.63) is 66.0 Å². The molecule has 0 aromatic heterocycles. The molecule has 25 heavy (non-hydrogen) atoms. The fourth-order valence-electron chi connectivity index (χ4n) is 2.95. The molecule has 0 saturated carbocycles. The van der Waals surface area contributed by atoms with Gasteiger partial charge in [0.05, 0.1) is 18.2 Å². The number of para-hydroxylation sites is 1. The van der Waals surface area contributed by atoms with Crippen molar-refractivity contribution in [2.45, 2.75) is 25.0 Å². The molecule has 6 heteroatoms. The maximum Gasteiger partial charge on any atom is 0.249 e. The number of aliphatic hydroxyl groups is 1. The first-order chi connectivity index (χ1) is 12.1. The molecule has 2 unspecified atom stereocenters. The van der Waals surface area contributed by atoms with Crippen LogP contribution in [0.3, 0.4) is 0 Å². The average Bonchev–Trinajstić information content (AvgIpc) is 2.96. The molecule has 2 aromatic carbocycles. The van der Waals surface area contributed by atoms with Crippen LogP contribution >= 0.6 is 0 Å². The van der Waals surface area contributed by atoms with E-state index in [9.17, 15) is 19.1 Å². The third kappa shape index (κ3) is 3.85. The van der Waals surface area contributed by atoms with E-state index in [-0.39, 0.29) is 18.0 Å². The molecule has 3 rings (SSSR count). The third-order valence-electron chi connectivity index (χ3n) is 4.25. The Labute approximate surface area is 145 Å². The van der Waals surface area contributed by atoms with Crippen LogP contribution in [-0.2, 0) is 9.59 Å². The first-order valence-electron chi connectivity index (χ1n) is 8.14. The molecular weight excluding hydrogens is 323 g/mol. The zero-order chi connectivity index (χ0) is 17.8. The first-order valence-corrected chi connectivity index (χ1v) is 8.14. The van der Waals surface area contributed by atoms with E-state index in [1.807, 2.05) is 6.07 Å². The summed E-state index contributed by atoms with van der Waals surface area (Å²) in [7, 11) is 0. The molecular formula is C19H19FN2O3. The van der Waals surface area contributed by atoms with Crippen molar-refractivity contribution in [3.8, 4) is 0 Å². The van der Waals surface area contributed by atoms with Crippen LogP contribution in [0.25, 0.3) is 0 Å². The van der Waals surface area contributed by atoms with Gasteiger partial charge in [0.15, 0.2) is 0 Å². The van der Waals surface area contributed by atoms with Gasteiger partial charge in [0.1, 0.15) is 11.9 Å². The number of benzene rings is 2. The molecule has 5 nitrogen and oxygen atoms in total. The molecule has 1 heterocycles. The van der Waals surface area contributed by atoms with Crippen LogP contribution < -0.4 is 10.2 Å². The maximum absolute atomic E-state index is 13.8. The summed E-state index contributed by atoms with van der Waals surface area (Å²) in [5.74, 6) is -1.22. The number of nitrogens with one attached hydrogen (secondary N) is 1. The Morgan fingerprint density at radius 3 is 2.60 bits per heavy atom. The van der Waals surface area contributed by atoms with E-state index in [1.54, 1.807) is 36.4 Å². The molecule has 0 aliphatic carbocycles. The second-order valence-electron chi connectivity index (χ2n) is 5.98. The molecule has 0 bridgehead atoms. The Kier molecular flexibility index (Phi) is 5.09. The fourth-order valence-corrected chi connectivity index (χ4v) is 2.95. The molecule has 2 N–H and O–H groups in total. The van der Waals surface area contributed by atoms with Crippen LogP contribution in [0.4, 0.5) is 10.1 Å². The number of carbonyl (C=O) groups excluding carboxylic acids is 2. The first kappa shape index (κ1) is 17.1. The van der Waals surface area contributed by atoms with E-state index in [4.69, 9.17) is 0 Å². The Morgan fingerprint density at radius 2 is 1.88 bits per heavy atom. The highest BCUT2D eigenvalue weighted by Gasteiger charge is 2.34. The van der Waals surface area contributed by atoms with Gasteiger partial charge < -0.3 is 15.3 Å². The largest absolute Gasteiger partial charge is 0.388 e. The number of hydrogen-bond acceptors (Lipinski definition) is 3. The zero-order valence-corrected chi connectivity index (χ0v) is 13.6. The highest BCUT2D eigenvalue weighted by molar-refractivity contribution is 6.01. The van der Waals surface area contributed by atoms with Crippen molar-refractivity contribution < 1.29 is 19.1 Å². The SMILES string of the molecule is O=C(CC(O)c1ccccc1)NC1CCN(c2ccccc2F)C1=O. The monoisotopic (exact) mass is 342 g/mol. The Balaban J connectivity index is 1.59. The van der Waals surface area contributed by atoms with Gasteiger partial charge in [0.25, 0.3) is 0 Å². The summed E-state index contributed by atoms with van der Waals surface area (Å²) in [6.07, 6.45) is -0.659. The maximum atomic E-state index is 13.8. The number of amides is 2. The second-order valence-corrected chi connectivity index (χ2v) is 5.98. The van der Waals surface area contributed by atoms with Gasteiger partial charge in [-0.15, -0.1) is 0 Å². The standard InChI is InChI=1S/C19H19FN2O3/c20-14-8-4-5-9-16(14)22-11-10-15(19(22)25)21-18(24)12-17(23)13-6-2-1-3-7-13/h1-9,15,17,23H,10-12H2,(H,21,24). The third-order valence-corrected chi connectivity index (χ3v) is 4.25. The van der Waals surface area contributed by atoms with Gasteiger partial charge in [-0.3, -0.25) is 9.59 Å². The van der Waals surface area contributed by atoms with Gasteiger partial charge in [0, 0.05) is 6.54 Å². The van der Waals surface area contributed by atoms with E-state index < -0.39 is 23.9 Å². The number of hydrogen-bond donors (Lipinski definition) is 2. The van der Waals surface area contributed by atoms with Gasteiger partial charge in [-0.05, 0) is 24.1 Å². The van der Waals surface area contributed by atoms with E-state index >= 15 is 0 Å². The Morgan fingerprint density at radius 1 is 1.20 bits per heavy atom. The van der Waals surface area contributed by atoms with Crippen molar-refractivity contribution in [1.82, 2.24) is 5.32 Å². The van der Waals surface area contributed by atoms with Gasteiger partial charge in [-0.25, -0.2) is 4.39 Å². The van der Waals surface area contributed by atoms with Gasteiger partial charge in [0.2, 0.25) is 11.8 Å². The number of nitrogens with zero attached hydrogens (tertiary/aromatic N) is 1. The molecule has 2 atom stereocenters. The van der Waals surface area contributed by atoms with Crippen molar-refractivity contribution in [2.24, 2.45) is 0 Å². The highest BCUT2D eigenvalue weighted by atomic mass is 19.1. The van der Waals surface area contributed by atoms with Crippen LogP contribution in [0.5, 0.6) is 0 Å². The van der Waals surface area contributed by atoms with Crippen molar-refractivity contribution in [2.75, 3.05) is 11.4 Å². The smallest absolute Gasteiger partial charge is 0.249 e. The Bertz CT molecular complexity index is 766. The summed E-state index contributed by atoms with van der Waals surface area (Å²) in [5, 5.41) is 12.7. The lowest BCUT2D eigenvalue weighted by Gasteiger charge is -2.18. The van der Waals surface area contributed by atoms with Crippen molar-refractivity contribution >= 4 is 17.5 Å². The highest BCUT2D eigenvalue weighted by Crippen LogP contribution is 2.24. The van der Waals surface area contributed by atoms with Crippen LogP contribution in [0.15, 0.2) is 54.6 Å². The average molecular weight is 342 g/mol. The molecule has 1 aliphatic rings. The Hall–Kier alpha value is -2.73. The molecule has 1 aliphatic heterocycles. The summed E-state index contributed by atoms with van der Waals surface area (Å²) < 4.78 is 13.8. The molecule has 1 saturated heterocycles. The number of aliphatic hydroxyl groups excluding tert-OH is 1. The quantitative estimate of drug-likeness (QED) is 0.875. The van der Waals surface area contributed by atoms with Gasteiger partial charge >= 0.3 is 0 Å². The topological polar surface area (TPSA) is 69.6 Å². The lowest BCUT2D eigenvalue weighted by Crippen LogP contribution is -2.42. The van der Waals surface area contributed by atoms with Crippen LogP contribution in [0.1, 0.15) is 24.5 Å². The fraction of sp³-hybridized carbons (Fsp3) is 0.263. The molecule has 2 aromatic rings. The van der Waals surface area contributed by atoms with Crippen molar-refractivity contribution in [3.63, 3.8) is 0 Å². The summed E-state index contributed by atoms with van der Waals surface area (Å²) in [4.78, 5) is 25.9. The number of rotatable bonds is 5. The lowest BCUT2D eigenvalue weighted by atomic mass is 10.1. The zero-order valence-electron chi connectivity index (χ0n) is 13.6. The minimum atomic E-state index is -0.930. The van der Waals surface area contributed by atoms with E-state index in [0.717, 1.165) is 0 Å². The normalized spacial score (nSPS) is 18.2. The molecule has 0 spiro atoms. The predicted octanol–water partition coefficient (Wildman–Crippen LogP) is 2.17.